The van der Waals surface area contributed by atoms with Crippen LogP contribution in [0.3, 0.4) is 0 Å². The van der Waals surface area contributed by atoms with E-state index < -0.39 is 0 Å². The highest BCUT2D eigenvalue weighted by Gasteiger charge is 2.02. The Balaban J connectivity index is 3.22. The number of ketones is 1. The molecule has 0 aliphatic carbocycles. The van der Waals surface area contributed by atoms with Crippen LogP contribution in [-0.2, 0) is 19.1 Å². The van der Waals surface area contributed by atoms with Crippen LogP contribution in [0.1, 0.15) is 32.6 Å². The molecule has 0 aliphatic heterocycles. The van der Waals surface area contributed by atoms with E-state index in [9.17, 15) is 9.59 Å². The summed E-state index contributed by atoms with van der Waals surface area (Å²) in [5.74, 6) is -0.115. The maximum absolute atomic E-state index is 10.9. The van der Waals surface area contributed by atoms with Crippen molar-refractivity contribution in [1.82, 2.24) is 0 Å². The van der Waals surface area contributed by atoms with Gasteiger partial charge in [-0.2, -0.15) is 0 Å². The van der Waals surface area contributed by atoms with Crippen molar-refractivity contribution in [3.63, 3.8) is 0 Å². The summed E-state index contributed by atoms with van der Waals surface area (Å²) in [4.78, 5) is 21.4. The van der Waals surface area contributed by atoms with Gasteiger partial charge >= 0.3 is 5.97 Å². The summed E-state index contributed by atoms with van der Waals surface area (Å²) < 4.78 is 9.21. The van der Waals surface area contributed by atoms with Gasteiger partial charge in [0.1, 0.15) is 5.78 Å². The van der Waals surface area contributed by atoms with E-state index in [1.165, 1.54) is 7.11 Å². The molecule has 0 aromatic carbocycles. The number of unbranched alkanes of at least 4 members (excludes halogenated alkanes) is 1. The van der Waals surface area contributed by atoms with Crippen LogP contribution in [0.2, 0.25) is 0 Å². The summed E-state index contributed by atoms with van der Waals surface area (Å²) in [5.41, 5.74) is 0. The van der Waals surface area contributed by atoms with E-state index in [-0.39, 0.29) is 18.5 Å². The average Bonchev–Trinajstić information content (AvgIpc) is 2.08. The lowest BCUT2D eigenvalue weighted by molar-refractivity contribution is -0.154. The third kappa shape index (κ3) is 9.01. The van der Waals surface area contributed by atoms with E-state index in [2.05, 4.69) is 9.47 Å². The van der Waals surface area contributed by atoms with Gasteiger partial charge in [-0.1, -0.05) is 0 Å². The van der Waals surface area contributed by atoms with Crippen LogP contribution in [0, 0.1) is 0 Å². The molecule has 0 amide bonds. The Hall–Kier alpha value is -0.900. The maximum atomic E-state index is 10.9. The minimum atomic E-state index is -0.273. The molecular formula is C9H16O4. The molecule has 0 heterocycles. The maximum Gasteiger partial charge on any atom is 0.307 e. The van der Waals surface area contributed by atoms with Gasteiger partial charge in [0.2, 0.25) is 0 Å². The summed E-state index contributed by atoms with van der Waals surface area (Å²) in [6.45, 7) is 1.55. The number of carbonyl (C=O) groups is 2. The lowest BCUT2D eigenvalue weighted by atomic mass is 10.1. The number of ether oxygens (including phenoxy) is 2. The Morgan fingerprint density at radius 3 is 2.31 bits per heavy atom. The fraction of sp³-hybridized carbons (Fsp3) is 0.778. The van der Waals surface area contributed by atoms with Gasteiger partial charge in [0.15, 0.2) is 6.79 Å². The molecule has 0 bridgehead atoms. The molecule has 0 saturated heterocycles. The van der Waals surface area contributed by atoms with E-state index in [1.54, 1.807) is 6.92 Å². The molecule has 0 aromatic heterocycles. The molecular weight excluding hydrogens is 172 g/mol. The molecule has 0 fully saturated rings. The summed E-state index contributed by atoms with van der Waals surface area (Å²) in [6.07, 6.45) is 2.34. The largest absolute Gasteiger partial charge is 0.438 e. The first-order chi connectivity index (χ1) is 6.16. The number of hydrogen-bond donors (Lipinski definition) is 0. The van der Waals surface area contributed by atoms with Gasteiger partial charge in [-0.05, 0) is 19.8 Å². The molecule has 0 unspecified atom stereocenters. The predicted octanol–water partition coefficient (Wildman–Crippen LogP) is 1.28. The lowest BCUT2D eigenvalue weighted by Crippen LogP contribution is -2.06. The summed E-state index contributed by atoms with van der Waals surface area (Å²) in [7, 11) is 1.46. The Kier molecular flexibility index (Phi) is 7.20. The van der Waals surface area contributed by atoms with Gasteiger partial charge in [-0.15, -0.1) is 0 Å². The number of carbonyl (C=O) groups excluding carboxylic acids is 2. The number of methoxy groups -OCH3 is 1. The summed E-state index contributed by atoms with van der Waals surface area (Å²) in [5, 5.41) is 0. The number of esters is 1. The highest BCUT2D eigenvalue weighted by molar-refractivity contribution is 5.75. The smallest absolute Gasteiger partial charge is 0.307 e. The van der Waals surface area contributed by atoms with E-state index >= 15 is 0 Å². The second-order valence-electron chi connectivity index (χ2n) is 2.83. The van der Waals surface area contributed by atoms with Gasteiger partial charge in [0.05, 0.1) is 0 Å². The molecule has 0 rings (SSSR count). The topological polar surface area (TPSA) is 52.6 Å². The van der Waals surface area contributed by atoms with Crippen LogP contribution >= 0.6 is 0 Å². The Morgan fingerprint density at radius 2 is 1.77 bits per heavy atom. The van der Waals surface area contributed by atoms with Crippen LogP contribution in [0.5, 0.6) is 0 Å². The normalized spacial score (nSPS) is 9.69. The number of hydrogen-bond acceptors (Lipinski definition) is 4. The molecule has 4 nitrogen and oxygen atoms in total. The number of rotatable bonds is 7. The second-order valence-corrected chi connectivity index (χ2v) is 2.83. The van der Waals surface area contributed by atoms with Crippen molar-refractivity contribution >= 4 is 11.8 Å². The molecule has 13 heavy (non-hydrogen) atoms. The van der Waals surface area contributed by atoms with Crippen LogP contribution in [-0.4, -0.2) is 25.7 Å². The molecule has 0 aliphatic rings. The summed E-state index contributed by atoms with van der Waals surface area (Å²) in [6, 6.07) is 0. The second kappa shape index (κ2) is 7.73. The van der Waals surface area contributed by atoms with Gasteiger partial charge < -0.3 is 14.3 Å². The van der Waals surface area contributed by atoms with Crippen molar-refractivity contribution < 1.29 is 19.1 Å². The highest BCUT2D eigenvalue weighted by Crippen LogP contribution is 2.01. The molecule has 0 spiro atoms. The quantitative estimate of drug-likeness (QED) is 0.343. The third-order valence-corrected chi connectivity index (χ3v) is 1.50. The minimum Gasteiger partial charge on any atom is -0.438 e. The molecule has 0 aromatic rings. The Morgan fingerprint density at radius 1 is 1.15 bits per heavy atom. The van der Waals surface area contributed by atoms with Crippen molar-refractivity contribution in [1.29, 1.82) is 0 Å². The molecule has 0 atom stereocenters. The fourth-order valence-electron chi connectivity index (χ4n) is 0.840. The molecule has 76 valence electrons. The minimum absolute atomic E-state index is 0.00550. The standard InChI is InChI=1S/C9H16O4/c1-8(10)5-3-4-6-9(11)13-7-12-2/h3-7H2,1-2H3. The highest BCUT2D eigenvalue weighted by atomic mass is 16.7. The zero-order chi connectivity index (χ0) is 10.1. The van der Waals surface area contributed by atoms with Crippen molar-refractivity contribution in [3.05, 3.63) is 0 Å². The van der Waals surface area contributed by atoms with Gasteiger partial charge in [0, 0.05) is 20.0 Å². The Bertz CT molecular complexity index is 165. The third-order valence-electron chi connectivity index (χ3n) is 1.50. The zero-order valence-electron chi connectivity index (χ0n) is 8.17. The van der Waals surface area contributed by atoms with Crippen molar-refractivity contribution in [2.24, 2.45) is 0 Å². The first-order valence-corrected chi connectivity index (χ1v) is 4.31. The van der Waals surface area contributed by atoms with Crippen LogP contribution < -0.4 is 0 Å². The zero-order valence-corrected chi connectivity index (χ0v) is 8.17. The number of Topliss-reactive ketones (excluding diaryl/α,β-unsaturated/α-hetero) is 1. The van der Waals surface area contributed by atoms with Gasteiger partial charge in [0.25, 0.3) is 0 Å². The van der Waals surface area contributed by atoms with E-state index in [4.69, 9.17) is 0 Å². The van der Waals surface area contributed by atoms with Gasteiger partial charge in [-0.25, -0.2) is 0 Å². The fourth-order valence-corrected chi connectivity index (χ4v) is 0.840. The summed E-state index contributed by atoms with van der Waals surface area (Å²) >= 11 is 0. The average molecular weight is 188 g/mol. The van der Waals surface area contributed by atoms with E-state index in [1.807, 2.05) is 0 Å². The molecule has 0 N–H and O–H groups in total. The predicted molar refractivity (Wildman–Crippen MR) is 47.1 cm³/mol. The van der Waals surface area contributed by atoms with Crippen LogP contribution in [0.15, 0.2) is 0 Å². The van der Waals surface area contributed by atoms with Crippen LogP contribution in [0.4, 0.5) is 0 Å². The lowest BCUT2D eigenvalue weighted by Gasteiger charge is -2.01. The Labute approximate surface area is 78.2 Å². The first kappa shape index (κ1) is 12.1. The van der Waals surface area contributed by atoms with Crippen molar-refractivity contribution in [3.8, 4) is 0 Å². The molecule has 0 saturated carbocycles. The first-order valence-electron chi connectivity index (χ1n) is 4.31. The molecule has 0 radical (unpaired) electrons. The SMILES string of the molecule is COCOC(=O)CCCCC(C)=O. The van der Waals surface area contributed by atoms with Crippen molar-refractivity contribution in [2.45, 2.75) is 32.6 Å². The van der Waals surface area contributed by atoms with Crippen molar-refractivity contribution in [2.75, 3.05) is 13.9 Å². The monoisotopic (exact) mass is 188 g/mol. The van der Waals surface area contributed by atoms with E-state index in [0.29, 0.717) is 19.3 Å². The van der Waals surface area contributed by atoms with E-state index in [0.717, 1.165) is 6.42 Å². The molecule has 4 heteroatoms. The van der Waals surface area contributed by atoms with Crippen LogP contribution in [0.25, 0.3) is 0 Å². The van der Waals surface area contributed by atoms with Gasteiger partial charge in [-0.3, -0.25) is 4.79 Å².